The summed E-state index contributed by atoms with van der Waals surface area (Å²) in [5.74, 6) is 4.85. The molecule has 7 saturated heterocycles. The fourth-order valence-electron chi connectivity index (χ4n) is 16.5. The Morgan fingerprint density at radius 2 is 0.526 bits per heavy atom. The lowest BCUT2D eigenvalue weighted by atomic mass is 9.89. The predicted molar refractivity (Wildman–Crippen MR) is 479 cm³/mol. The molecule has 12 heterocycles. The zero-order valence-corrected chi connectivity index (χ0v) is 72.9. The molecular weight excluding hydrogens is 1420 g/mol. The van der Waals surface area contributed by atoms with Gasteiger partial charge in [0.25, 0.3) is 0 Å². The smallest absolute Gasteiger partial charge is 0.225 e. The van der Waals surface area contributed by atoms with Crippen molar-refractivity contribution in [1.82, 2.24) is 82.1 Å². The van der Waals surface area contributed by atoms with Crippen molar-refractivity contribution in [2.45, 2.75) is 284 Å². The molecule has 7 aliphatic heterocycles. The zero-order valence-electron chi connectivity index (χ0n) is 72.9. The fraction of sp³-hybridized carbons (Fsp3) is 0.637. The van der Waals surface area contributed by atoms with E-state index in [-0.39, 0.29) is 11.1 Å². The molecule has 0 atom stereocenters. The van der Waals surface area contributed by atoms with Gasteiger partial charge in [0.15, 0.2) is 0 Å². The predicted octanol–water partition coefficient (Wildman–Crippen LogP) is 13.9. The number of hydrogen-bond donors (Lipinski definition) is 7. The summed E-state index contributed by atoms with van der Waals surface area (Å²) in [5.41, 5.74) is 3.27. The molecule has 5 aromatic heterocycles. The Labute approximate surface area is 688 Å². The number of piperidine rings is 7. The SMILES string of the molecule is CC(C)NC1(C)CCN(c2cnccn2)CC1.CC(C)NC1(C)CCN(c2ncccn2)CC1.CC(C)NC1CCN(c2ccccc2)CC1.CC(C)NC1CCN(c2ccccc2)CC1.CC(C)NC1CCN(c2ccccn2)CC1.CC(C)NC1CCN(c2cnccn2)CC1.CC(C)NC1CCN(c2ncccn2)CC1. The van der Waals surface area contributed by atoms with Gasteiger partial charge in [-0.2, -0.15) is 0 Å². The van der Waals surface area contributed by atoms with Crippen LogP contribution in [0.15, 0.2) is 159 Å². The summed E-state index contributed by atoms with van der Waals surface area (Å²) in [7, 11) is 0. The molecule has 0 unspecified atom stereocenters. The van der Waals surface area contributed by atoms with Gasteiger partial charge < -0.3 is 71.5 Å². The molecule has 7 aromatic rings. The van der Waals surface area contributed by atoms with Crippen LogP contribution in [0.1, 0.15) is 201 Å². The van der Waals surface area contributed by atoms with Crippen molar-refractivity contribution in [3.63, 3.8) is 0 Å². The van der Waals surface area contributed by atoms with Crippen LogP contribution in [0.3, 0.4) is 0 Å². The number of nitrogens with zero attached hydrogens (tertiary/aromatic N) is 16. The van der Waals surface area contributed by atoms with Gasteiger partial charge in [0.05, 0.1) is 12.4 Å². The van der Waals surface area contributed by atoms with E-state index < -0.39 is 0 Å². The molecule has 0 spiro atoms. The number of rotatable bonds is 21. The van der Waals surface area contributed by atoms with Crippen molar-refractivity contribution in [3.8, 4) is 0 Å². The molecule has 0 amide bonds. The number of para-hydroxylation sites is 2. The first-order chi connectivity index (χ1) is 54.9. The lowest BCUT2D eigenvalue weighted by molar-refractivity contribution is 0.263. The van der Waals surface area contributed by atoms with Gasteiger partial charge in [-0.3, -0.25) is 9.97 Å². The average molecular weight is 1570 g/mol. The van der Waals surface area contributed by atoms with Crippen molar-refractivity contribution < 1.29 is 0 Å². The number of hydrogen-bond acceptors (Lipinski definition) is 23. The van der Waals surface area contributed by atoms with Crippen molar-refractivity contribution in [3.05, 3.63) is 159 Å². The molecule has 0 radical (unpaired) electrons. The van der Waals surface area contributed by atoms with Gasteiger partial charge in [-0.15, -0.1) is 0 Å². The zero-order chi connectivity index (χ0) is 81.5. The van der Waals surface area contributed by atoms with Gasteiger partial charge in [0.2, 0.25) is 11.9 Å². The van der Waals surface area contributed by atoms with Crippen LogP contribution in [0.25, 0.3) is 0 Å². The summed E-state index contributed by atoms with van der Waals surface area (Å²) < 4.78 is 0. The van der Waals surface area contributed by atoms with Gasteiger partial charge in [0.1, 0.15) is 17.5 Å². The van der Waals surface area contributed by atoms with Gasteiger partial charge in [-0.25, -0.2) is 34.9 Å². The first kappa shape index (κ1) is 91.7. The van der Waals surface area contributed by atoms with Crippen molar-refractivity contribution in [2.24, 2.45) is 0 Å². The Kier molecular flexibility index (Phi) is 39.7. The fourth-order valence-corrected chi connectivity index (χ4v) is 16.5. The molecule has 14 rings (SSSR count). The Morgan fingerprint density at radius 1 is 0.263 bits per heavy atom. The highest BCUT2D eigenvalue weighted by atomic mass is 15.3. The maximum atomic E-state index is 4.39. The van der Waals surface area contributed by atoms with Crippen LogP contribution in [-0.2, 0) is 0 Å². The largest absolute Gasteiger partial charge is 0.371 e. The highest BCUT2D eigenvalue weighted by molar-refractivity contribution is 5.47. The molecule has 2 aromatic carbocycles. The number of anilines is 7. The number of benzene rings is 2. The van der Waals surface area contributed by atoms with Crippen LogP contribution in [0.2, 0.25) is 0 Å². The van der Waals surface area contributed by atoms with Crippen LogP contribution >= 0.6 is 0 Å². The molecule has 0 bridgehead atoms. The van der Waals surface area contributed by atoms with Crippen LogP contribution in [0, 0.1) is 0 Å². The van der Waals surface area contributed by atoms with Crippen LogP contribution in [0.4, 0.5) is 40.7 Å². The van der Waals surface area contributed by atoms with E-state index in [1.807, 2.05) is 49.2 Å². The van der Waals surface area contributed by atoms with Gasteiger partial charge in [0, 0.05) is 242 Å². The molecule has 23 nitrogen and oxygen atoms in total. The normalized spacial score (nSPS) is 18.5. The quantitative estimate of drug-likeness (QED) is 0.0355. The van der Waals surface area contributed by atoms with Gasteiger partial charge in [-0.1, -0.05) is 139 Å². The van der Waals surface area contributed by atoms with E-state index in [4.69, 9.17) is 0 Å². The monoisotopic (exact) mass is 1560 g/mol. The molecule has 23 heteroatoms. The molecule has 7 aliphatic rings. The van der Waals surface area contributed by atoms with Crippen molar-refractivity contribution in [1.29, 1.82) is 0 Å². The van der Waals surface area contributed by atoms with Crippen LogP contribution in [-0.4, -0.2) is 220 Å². The Bertz CT molecular complexity index is 3060. The number of pyridine rings is 1. The second kappa shape index (κ2) is 49.3. The van der Waals surface area contributed by atoms with E-state index in [0.29, 0.717) is 72.5 Å². The summed E-state index contributed by atoms with van der Waals surface area (Å²) in [5, 5.41) is 25.4. The van der Waals surface area contributed by atoms with E-state index in [2.05, 4.69) is 300 Å². The molecule has 0 saturated carbocycles. The van der Waals surface area contributed by atoms with E-state index in [1.54, 1.807) is 37.2 Å². The Balaban J connectivity index is 0.000000167. The first-order valence-corrected chi connectivity index (χ1v) is 43.6. The van der Waals surface area contributed by atoms with Crippen LogP contribution < -0.4 is 71.5 Å². The Hall–Kier alpha value is -7.77. The molecular formula is C91H149N23. The molecule has 0 aliphatic carbocycles. The average Bonchev–Trinajstić information content (AvgIpc) is 0.850. The lowest BCUT2D eigenvalue weighted by Crippen LogP contribution is -2.53. The third-order valence-electron chi connectivity index (χ3n) is 22.0. The van der Waals surface area contributed by atoms with Crippen molar-refractivity contribution >= 4 is 40.7 Å². The summed E-state index contributed by atoms with van der Waals surface area (Å²) in [6, 6.07) is 38.7. The number of aromatic nitrogens is 9. The number of nitrogens with one attached hydrogen (secondary N) is 7. The maximum Gasteiger partial charge on any atom is 0.225 e. The minimum atomic E-state index is 0.263. The highest BCUT2D eigenvalue weighted by Crippen LogP contribution is 2.28. The summed E-state index contributed by atoms with van der Waals surface area (Å²) >= 11 is 0. The minimum absolute atomic E-state index is 0.263. The standard InChI is InChI=1S/2C14H22N2.2C13H22N4.C13H21N3.2C12H20N4/c2*1-12(2)15-13-8-10-16(11-9-13)14-6-4-3-5-7-14;1-11(2)16-13(3)4-8-17(9-5-13)12-10-14-6-7-15-12;1-11(2)16-13(3)5-9-17(10-6-13)12-14-7-4-8-15-12;1-11(2)15-12-6-9-16(10-7-12)13-5-3-4-8-14-13;1-10(2)15-11-3-7-16(8-4-11)12-9-13-5-6-14-12;1-10(2)15-11-4-8-16(9-5-11)12-13-6-3-7-14-12/h2*3-7,12-13,15H,8-11H2,1-2H3;6-7,10-11,16H,4-5,8-9H2,1-3H3;4,7-8,11,16H,5-6,9-10H2,1-3H3;3-5,8,11-12,15H,6-7,9-10H2,1-2H3;5-6,9-11,15H,3-4,7-8H2,1-2H3;3,6-7,10-11,15H,4-5,8-9H2,1-2H3. The Morgan fingerprint density at radius 3 is 0.816 bits per heavy atom. The molecule has 114 heavy (non-hydrogen) atoms. The summed E-state index contributed by atoms with van der Waals surface area (Å²) in [6.07, 6.45) is 36.5. The second-order valence-corrected chi connectivity index (χ2v) is 34.7. The lowest BCUT2D eigenvalue weighted by Gasteiger charge is -2.41. The van der Waals surface area contributed by atoms with E-state index in [0.717, 1.165) is 120 Å². The van der Waals surface area contributed by atoms with E-state index in [1.165, 1.54) is 102 Å². The highest BCUT2D eigenvalue weighted by Gasteiger charge is 2.33. The molecule has 628 valence electrons. The van der Waals surface area contributed by atoms with E-state index in [9.17, 15) is 0 Å². The molecule has 7 fully saturated rings. The van der Waals surface area contributed by atoms with Gasteiger partial charge >= 0.3 is 0 Å². The summed E-state index contributed by atoms with van der Waals surface area (Å²) in [6.45, 7) is 50.9. The first-order valence-electron chi connectivity index (χ1n) is 43.6. The maximum absolute atomic E-state index is 4.39. The summed E-state index contributed by atoms with van der Waals surface area (Å²) in [4.78, 5) is 55.0. The molecule has 7 N–H and O–H groups in total. The third-order valence-corrected chi connectivity index (χ3v) is 22.0. The second-order valence-electron chi connectivity index (χ2n) is 34.7. The van der Waals surface area contributed by atoms with Crippen LogP contribution in [0.5, 0.6) is 0 Å². The third kappa shape index (κ3) is 34.2. The van der Waals surface area contributed by atoms with Crippen molar-refractivity contribution in [2.75, 3.05) is 126 Å². The minimum Gasteiger partial charge on any atom is -0.371 e. The topological polar surface area (TPSA) is 223 Å². The van der Waals surface area contributed by atoms with E-state index >= 15 is 0 Å². The van der Waals surface area contributed by atoms with Gasteiger partial charge in [-0.05, 0) is 152 Å².